The lowest BCUT2D eigenvalue weighted by Crippen LogP contribution is -1.99. The van der Waals surface area contributed by atoms with E-state index in [2.05, 4.69) is 194 Å². The fourth-order valence-corrected chi connectivity index (χ4v) is 14.3. The summed E-state index contributed by atoms with van der Waals surface area (Å²) < 4.78 is 10.3. The molecule has 4 nitrogen and oxygen atoms in total. The fraction of sp³-hybridized carbons (Fsp3) is 0.0370. The molecule has 0 saturated carbocycles. The van der Waals surface area contributed by atoms with Gasteiger partial charge in [-0.2, -0.15) is 0 Å². The van der Waals surface area contributed by atoms with Gasteiger partial charge in [0.25, 0.3) is 0 Å². The van der Waals surface area contributed by atoms with Gasteiger partial charge in [0.05, 0.1) is 55.2 Å². The van der Waals surface area contributed by atoms with Gasteiger partial charge >= 0.3 is 0 Å². The summed E-state index contributed by atoms with van der Waals surface area (Å²) in [5, 5.41) is 14.8. The van der Waals surface area contributed by atoms with Gasteiger partial charge in [0, 0.05) is 70.0 Å². The highest BCUT2D eigenvalue weighted by atomic mass is 31.1. The molecule has 6 heterocycles. The number of nitrogens with zero attached hydrogens (tertiary/aromatic N) is 4. The van der Waals surface area contributed by atoms with E-state index in [1.54, 1.807) is 0 Å². The van der Waals surface area contributed by atoms with Crippen LogP contribution >= 0.6 is 7.53 Å². The van der Waals surface area contributed by atoms with Crippen molar-refractivity contribution in [1.82, 2.24) is 17.9 Å². The van der Waals surface area contributed by atoms with Crippen LogP contribution in [0.5, 0.6) is 0 Å². The van der Waals surface area contributed by atoms with Gasteiger partial charge in [-0.3, -0.25) is 0 Å². The Bertz CT molecular complexity index is 4180. The minimum atomic E-state index is -0.873. The summed E-state index contributed by atoms with van der Waals surface area (Å²) in [4.78, 5) is 0. The monoisotopic (exact) mass is 768 g/mol. The summed E-state index contributed by atoms with van der Waals surface area (Å²) in [6, 6.07) is 59.7. The quantitative estimate of drug-likeness (QED) is 0.123. The highest BCUT2D eigenvalue weighted by Crippen LogP contribution is 2.61. The normalized spacial score (nSPS) is 14.3. The van der Waals surface area contributed by atoms with E-state index in [-0.39, 0.29) is 0 Å². The first kappa shape index (κ1) is 30.8. The van der Waals surface area contributed by atoms with Gasteiger partial charge in [-0.15, -0.1) is 0 Å². The summed E-state index contributed by atoms with van der Waals surface area (Å²) in [7, 11) is -0.873. The lowest BCUT2D eigenvalue weighted by molar-refractivity contribution is 1.02. The Balaban J connectivity index is 1.22. The molecule has 0 amide bonds. The number of aromatic nitrogens is 4. The van der Waals surface area contributed by atoms with Crippen molar-refractivity contribution in [2.45, 2.75) is 12.8 Å². The highest BCUT2D eigenvalue weighted by molar-refractivity contribution is 7.68. The first-order chi connectivity index (χ1) is 29.3. The molecule has 12 aromatic rings. The van der Waals surface area contributed by atoms with E-state index < -0.39 is 7.53 Å². The Labute approximate surface area is 338 Å². The third kappa shape index (κ3) is 3.61. The predicted molar refractivity (Wildman–Crippen MR) is 252 cm³/mol. The summed E-state index contributed by atoms with van der Waals surface area (Å²) >= 11 is 0. The van der Waals surface area contributed by atoms with Crippen molar-refractivity contribution in [2.24, 2.45) is 0 Å². The molecule has 5 heteroatoms. The van der Waals surface area contributed by atoms with Crippen LogP contribution in [-0.4, -0.2) is 17.9 Å². The van der Waals surface area contributed by atoms with E-state index in [4.69, 9.17) is 0 Å². The van der Waals surface area contributed by atoms with Crippen LogP contribution in [0.15, 0.2) is 176 Å². The van der Waals surface area contributed by atoms with Crippen molar-refractivity contribution in [3.8, 4) is 11.0 Å². The van der Waals surface area contributed by atoms with Crippen molar-refractivity contribution < 1.29 is 0 Å². The maximum atomic E-state index is 2.66. The molecule has 0 fully saturated rings. The van der Waals surface area contributed by atoms with Gasteiger partial charge < -0.3 is 17.9 Å². The Morgan fingerprint density at radius 3 is 1.66 bits per heavy atom. The molecule has 1 aliphatic carbocycles. The zero-order valence-electron chi connectivity index (χ0n) is 31.9. The number of fused-ring (bicyclic) bond motifs is 18. The SMILES string of the molecule is C1=CC(n2c3ccccc3c3c2ccc2c4cccc5c4n(c4cccc6c4-p5c4cccc5c7ccc8c9ccccc9n(-c9ccccc9)c8c7n6c54)c23)=CCC1. The van der Waals surface area contributed by atoms with Crippen LogP contribution in [0.3, 0.4) is 0 Å². The molecular formula is C54H33N4P. The van der Waals surface area contributed by atoms with Crippen molar-refractivity contribution in [3.63, 3.8) is 0 Å². The molecule has 0 spiro atoms. The predicted octanol–water partition coefficient (Wildman–Crippen LogP) is 15.2. The second kappa shape index (κ2) is 10.8. The van der Waals surface area contributed by atoms with Crippen molar-refractivity contribution in [2.75, 3.05) is 0 Å². The number of hydrogen-bond acceptors (Lipinski definition) is 0. The molecule has 0 N–H and O–H groups in total. The molecule has 0 saturated heterocycles. The Morgan fingerprint density at radius 1 is 0.373 bits per heavy atom. The summed E-state index contributed by atoms with van der Waals surface area (Å²) in [5.41, 5.74) is 15.3. The van der Waals surface area contributed by atoms with Crippen LogP contribution in [-0.2, 0) is 0 Å². The largest absolute Gasteiger partial charge is 0.310 e. The van der Waals surface area contributed by atoms with Crippen LogP contribution in [0.4, 0.5) is 0 Å². The van der Waals surface area contributed by atoms with Gasteiger partial charge in [-0.05, 0) is 73.5 Å². The van der Waals surface area contributed by atoms with Crippen LogP contribution in [0, 0.1) is 0 Å². The smallest absolute Gasteiger partial charge is 0.0789 e. The van der Waals surface area contributed by atoms with Crippen LogP contribution in [0.25, 0.3) is 125 Å². The van der Waals surface area contributed by atoms with E-state index in [0.717, 1.165) is 12.8 Å². The van der Waals surface area contributed by atoms with Crippen LogP contribution in [0.1, 0.15) is 12.8 Å². The molecule has 0 radical (unpaired) electrons. The van der Waals surface area contributed by atoms with Crippen LogP contribution < -0.4 is 0 Å². The topological polar surface area (TPSA) is 18.7 Å². The minimum Gasteiger partial charge on any atom is -0.310 e. The maximum absolute atomic E-state index is 2.66. The molecule has 1 atom stereocenters. The number of allylic oxidation sites excluding steroid dienone is 4. The molecular weight excluding hydrogens is 736 g/mol. The van der Waals surface area contributed by atoms with Gasteiger partial charge in [0.1, 0.15) is 0 Å². The van der Waals surface area contributed by atoms with Crippen molar-refractivity contribution >= 4 is 122 Å². The molecule has 274 valence electrons. The third-order valence-electron chi connectivity index (χ3n) is 13.6. The van der Waals surface area contributed by atoms with E-state index in [1.807, 2.05) is 0 Å². The lowest BCUT2D eigenvalue weighted by atomic mass is 10.1. The zero-order chi connectivity index (χ0) is 38.1. The average Bonchev–Trinajstić information content (AvgIpc) is 4.03. The number of benzene rings is 8. The average molecular weight is 769 g/mol. The molecule has 2 aliphatic heterocycles. The minimum absolute atomic E-state index is 0.873. The van der Waals surface area contributed by atoms with E-state index in [1.165, 1.54) is 125 Å². The molecule has 15 rings (SSSR count). The molecule has 8 aromatic carbocycles. The number of rotatable bonds is 2. The first-order valence-electron chi connectivity index (χ1n) is 20.7. The first-order valence-corrected chi connectivity index (χ1v) is 22.0. The van der Waals surface area contributed by atoms with E-state index in [0.29, 0.717) is 0 Å². The summed E-state index contributed by atoms with van der Waals surface area (Å²) in [6.07, 6.45) is 9.19. The zero-order valence-corrected chi connectivity index (χ0v) is 32.8. The fourth-order valence-electron chi connectivity index (χ4n) is 11.4. The Morgan fingerprint density at radius 2 is 0.932 bits per heavy atom. The Hall–Kier alpha value is -7.26. The molecule has 0 bridgehead atoms. The third-order valence-corrected chi connectivity index (χ3v) is 16.1. The second-order valence-corrected chi connectivity index (χ2v) is 18.4. The van der Waals surface area contributed by atoms with Gasteiger partial charge in [0.2, 0.25) is 0 Å². The van der Waals surface area contributed by atoms with E-state index in [9.17, 15) is 0 Å². The molecule has 1 unspecified atom stereocenters. The van der Waals surface area contributed by atoms with Gasteiger partial charge in [-0.1, -0.05) is 123 Å². The maximum Gasteiger partial charge on any atom is 0.0789 e. The standard InChI is InChI=1S/C54H33N4P/c1-3-14-32(15-4-1)55-42-23-10-8-19-40(42)48-43(55)31-30-38-35-20-11-26-46-49(35)57(51(38)48)44-24-13-25-45-54(44)59(46)47-27-12-21-36-39-29-28-37-34-18-7-9-22-41(34)56(33-16-5-2-6-17-33)52(37)53(39)58(45)50(36)47/h2-3,5-31H,1,4H2. The molecule has 3 aliphatic rings. The van der Waals surface area contributed by atoms with Gasteiger partial charge in [0.15, 0.2) is 0 Å². The van der Waals surface area contributed by atoms with E-state index >= 15 is 0 Å². The number of para-hydroxylation sites is 5. The summed E-state index contributed by atoms with van der Waals surface area (Å²) in [6.45, 7) is 0. The highest BCUT2D eigenvalue weighted by Gasteiger charge is 2.29. The lowest BCUT2D eigenvalue weighted by Gasteiger charge is -2.22. The van der Waals surface area contributed by atoms with Crippen LogP contribution in [0.2, 0.25) is 0 Å². The molecule has 59 heavy (non-hydrogen) atoms. The second-order valence-electron chi connectivity index (χ2n) is 16.4. The van der Waals surface area contributed by atoms with Gasteiger partial charge in [-0.25, -0.2) is 0 Å². The van der Waals surface area contributed by atoms with Crippen molar-refractivity contribution in [3.05, 3.63) is 176 Å². The Kier molecular flexibility index (Phi) is 5.65. The van der Waals surface area contributed by atoms with Crippen molar-refractivity contribution in [1.29, 1.82) is 0 Å². The summed E-state index contributed by atoms with van der Waals surface area (Å²) in [5.74, 6) is 0. The molecule has 4 aromatic heterocycles. The number of hydrogen-bond donors (Lipinski definition) is 0.